The zero-order valence-electron chi connectivity index (χ0n) is 9.90. The van der Waals surface area contributed by atoms with E-state index in [0.29, 0.717) is 0 Å². The normalized spacial score (nSPS) is 12.7. The zero-order chi connectivity index (χ0) is 13.1. The van der Waals surface area contributed by atoms with Gasteiger partial charge in [-0.15, -0.1) is 0 Å². The largest absolute Gasteiger partial charge is 0.271 e. The van der Waals surface area contributed by atoms with Crippen molar-refractivity contribution in [1.82, 2.24) is 15.2 Å². The molecule has 0 spiro atoms. The number of aryl methyl sites for hydroxylation is 1. The molecule has 1 heterocycles. The molecule has 0 aliphatic rings. The first-order valence-corrected chi connectivity index (χ1v) is 7.18. The van der Waals surface area contributed by atoms with Gasteiger partial charge in [0.15, 0.2) is 0 Å². The summed E-state index contributed by atoms with van der Waals surface area (Å²) in [7, 11) is 0. The first-order valence-electron chi connectivity index (χ1n) is 5.60. The lowest BCUT2D eigenvalue weighted by atomic mass is 10.0. The summed E-state index contributed by atoms with van der Waals surface area (Å²) in [6.45, 7) is 2.87. The van der Waals surface area contributed by atoms with Crippen LogP contribution in [0.25, 0.3) is 0 Å². The average Bonchev–Trinajstić information content (AvgIpc) is 2.83. The Hall–Kier alpha value is -0.690. The molecule has 1 unspecified atom stereocenters. The van der Waals surface area contributed by atoms with E-state index in [0.717, 1.165) is 26.7 Å². The second kappa shape index (κ2) is 5.97. The van der Waals surface area contributed by atoms with Crippen molar-refractivity contribution >= 4 is 31.9 Å². The number of nitrogens with zero attached hydrogens (tertiary/aromatic N) is 2. The van der Waals surface area contributed by atoms with Gasteiger partial charge >= 0.3 is 0 Å². The van der Waals surface area contributed by atoms with Crippen LogP contribution in [0.1, 0.15) is 24.2 Å². The Morgan fingerprint density at radius 3 is 2.83 bits per heavy atom. The van der Waals surface area contributed by atoms with Crippen molar-refractivity contribution in [3.05, 3.63) is 50.7 Å². The predicted octanol–water partition coefficient (Wildman–Crippen LogP) is 2.98. The molecule has 0 saturated heterocycles. The molecule has 0 saturated carbocycles. The molecule has 1 aromatic carbocycles. The maximum absolute atomic E-state index is 5.71. The van der Waals surface area contributed by atoms with Crippen LogP contribution in [0.15, 0.2) is 39.4 Å². The molecule has 96 valence electrons. The second-order valence-electron chi connectivity index (χ2n) is 3.84. The van der Waals surface area contributed by atoms with Crippen LogP contribution in [0.2, 0.25) is 0 Å². The Labute approximate surface area is 123 Å². The third-order valence-corrected chi connectivity index (χ3v) is 4.00. The first kappa shape index (κ1) is 13.7. The number of aromatic nitrogens is 2. The quantitative estimate of drug-likeness (QED) is 0.639. The fourth-order valence-corrected chi connectivity index (χ4v) is 2.78. The number of nitrogens with one attached hydrogen (secondary N) is 1. The molecule has 0 fully saturated rings. The lowest BCUT2D eigenvalue weighted by Crippen LogP contribution is -2.31. The molecular weight excluding hydrogens is 360 g/mol. The highest BCUT2D eigenvalue weighted by Gasteiger charge is 2.19. The summed E-state index contributed by atoms with van der Waals surface area (Å²) in [5, 5.41) is 4.28. The maximum Gasteiger partial charge on any atom is 0.0889 e. The van der Waals surface area contributed by atoms with Crippen LogP contribution in [0.4, 0.5) is 0 Å². The molecule has 0 bridgehead atoms. The van der Waals surface area contributed by atoms with E-state index in [-0.39, 0.29) is 6.04 Å². The van der Waals surface area contributed by atoms with E-state index < -0.39 is 0 Å². The molecule has 1 atom stereocenters. The van der Waals surface area contributed by atoms with E-state index in [1.165, 1.54) is 0 Å². The van der Waals surface area contributed by atoms with Gasteiger partial charge in [-0.05, 0) is 36.8 Å². The van der Waals surface area contributed by atoms with Gasteiger partial charge in [0.25, 0.3) is 0 Å². The molecule has 3 N–H and O–H groups in total. The smallest absolute Gasteiger partial charge is 0.0889 e. The van der Waals surface area contributed by atoms with Crippen LogP contribution in [0.3, 0.4) is 0 Å². The Bertz CT molecular complexity index is 539. The number of nitrogens with two attached hydrogens (primary N) is 1. The van der Waals surface area contributed by atoms with Gasteiger partial charge in [-0.25, -0.2) is 5.43 Å². The van der Waals surface area contributed by atoms with E-state index in [9.17, 15) is 0 Å². The van der Waals surface area contributed by atoms with Gasteiger partial charge in [-0.2, -0.15) is 5.10 Å². The fraction of sp³-hybridized carbons (Fsp3) is 0.250. The van der Waals surface area contributed by atoms with E-state index in [1.54, 1.807) is 6.20 Å². The number of hydrogen-bond acceptors (Lipinski definition) is 3. The minimum absolute atomic E-state index is 0.0978. The van der Waals surface area contributed by atoms with Crippen LogP contribution >= 0.6 is 31.9 Å². The lowest BCUT2D eigenvalue weighted by Gasteiger charge is -2.19. The van der Waals surface area contributed by atoms with Crippen molar-refractivity contribution in [3.8, 4) is 0 Å². The molecule has 4 nitrogen and oxygen atoms in total. The van der Waals surface area contributed by atoms with Crippen molar-refractivity contribution < 1.29 is 0 Å². The molecule has 18 heavy (non-hydrogen) atoms. The Kier molecular flexibility index (Phi) is 4.55. The summed E-state index contributed by atoms with van der Waals surface area (Å²) in [4.78, 5) is 0. The number of benzene rings is 1. The monoisotopic (exact) mass is 372 g/mol. The molecular formula is C12H14Br2N4. The van der Waals surface area contributed by atoms with Crippen molar-refractivity contribution in [2.45, 2.75) is 19.5 Å². The minimum Gasteiger partial charge on any atom is -0.271 e. The predicted molar refractivity (Wildman–Crippen MR) is 78.9 cm³/mol. The summed E-state index contributed by atoms with van der Waals surface area (Å²) < 4.78 is 3.96. The fourth-order valence-electron chi connectivity index (χ4n) is 1.92. The molecule has 0 aliphatic carbocycles. The van der Waals surface area contributed by atoms with E-state index in [1.807, 2.05) is 28.9 Å². The lowest BCUT2D eigenvalue weighted by molar-refractivity contribution is 0.542. The highest BCUT2D eigenvalue weighted by Crippen LogP contribution is 2.30. The Morgan fingerprint density at radius 2 is 2.17 bits per heavy atom. The topological polar surface area (TPSA) is 55.9 Å². The van der Waals surface area contributed by atoms with Crippen LogP contribution in [-0.2, 0) is 6.54 Å². The third-order valence-electron chi connectivity index (χ3n) is 2.78. The molecule has 2 aromatic rings. The highest BCUT2D eigenvalue weighted by atomic mass is 79.9. The molecule has 0 aliphatic heterocycles. The summed E-state index contributed by atoms with van der Waals surface area (Å²) in [6, 6.07) is 7.90. The molecule has 0 radical (unpaired) electrons. The first-order chi connectivity index (χ1) is 8.67. The maximum atomic E-state index is 5.71. The van der Waals surface area contributed by atoms with Gasteiger partial charge in [-0.3, -0.25) is 10.5 Å². The van der Waals surface area contributed by atoms with Gasteiger partial charge in [-0.1, -0.05) is 31.9 Å². The molecule has 6 heteroatoms. The summed E-state index contributed by atoms with van der Waals surface area (Å²) in [5.41, 5.74) is 4.96. The number of hydrazine groups is 1. The van der Waals surface area contributed by atoms with E-state index >= 15 is 0 Å². The number of rotatable bonds is 4. The van der Waals surface area contributed by atoms with Crippen molar-refractivity contribution in [1.29, 1.82) is 0 Å². The molecule has 0 amide bonds. The zero-order valence-corrected chi connectivity index (χ0v) is 13.1. The van der Waals surface area contributed by atoms with Gasteiger partial charge in [0.2, 0.25) is 0 Å². The minimum atomic E-state index is -0.0978. The molecule has 1 aromatic heterocycles. The van der Waals surface area contributed by atoms with E-state index in [4.69, 9.17) is 5.84 Å². The number of hydrogen-bond donors (Lipinski definition) is 2. The van der Waals surface area contributed by atoms with Crippen LogP contribution in [0.5, 0.6) is 0 Å². The Morgan fingerprint density at radius 1 is 1.39 bits per heavy atom. The Balaban J connectivity index is 2.48. The van der Waals surface area contributed by atoms with Crippen molar-refractivity contribution in [2.24, 2.45) is 5.84 Å². The van der Waals surface area contributed by atoms with Gasteiger partial charge in [0.05, 0.1) is 11.7 Å². The average molecular weight is 374 g/mol. The van der Waals surface area contributed by atoms with Crippen LogP contribution < -0.4 is 11.3 Å². The third kappa shape index (κ3) is 2.66. The van der Waals surface area contributed by atoms with Gasteiger partial charge in [0.1, 0.15) is 0 Å². The van der Waals surface area contributed by atoms with Crippen LogP contribution in [0, 0.1) is 0 Å². The van der Waals surface area contributed by atoms with Gasteiger partial charge < -0.3 is 0 Å². The summed E-state index contributed by atoms with van der Waals surface area (Å²) in [6.07, 6.45) is 1.79. The summed E-state index contributed by atoms with van der Waals surface area (Å²) in [5.74, 6) is 5.71. The standard InChI is InChI=1S/C12H14Br2N4/c1-2-18-11(5-6-16-18)12(17-15)9-7-8(13)3-4-10(9)14/h3-7,12,17H,2,15H2,1H3. The summed E-state index contributed by atoms with van der Waals surface area (Å²) >= 11 is 7.04. The molecule has 2 rings (SSSR count). The van der Waals surface area contributed by atoms with Crippen molar-refractivity contribution in [3.63, 3.8) is 0 Å². The SMILES string of the molecule is CCn1nccc1C(NN)c1cc(Br)ccc1Br. The number of halogens is 2. The van der Waals surface area contributed by atoms with E-state index in [2.05, 4.69) is 49.3 Å². The highest BCUT2D eigenvalue weighted by molar-refractivity contribution is 9.11. The van der Waals surface area contributed by atoms with Crippen LogP contribution in [-0.4, -0.2) is 9.78 Å². The van der Waals surface area contributed by atoms with Gasteiger partial charge in [0, 0.05) is 21.7 Å². The van der Waals surface area contributed by atoms with Crippen molar-refractivity contribution in [2.75, 3.05) is 0 Å². The second-order valence-corrected chi connectivity index (χ2v) is 5.61.